The second-order valence-electron chi connectivity index (χ2n) is 4.86. The molecule has 0 aliphatic rings. The van der Waals surface area contributed by atoms with E-state index in [1.54, 1.807) is 18.9 Å². The van der Waals surface area contributed by atoms with Crippen LogP contribution in [0.2, 0.25) is 0 Å². The molecule has 1 aromatic heterocycles. The van der Waals surface area contributed by atoms with Crippen LogP contribution in [0.5, 0.6) is 11.5 Å². The molecule has 0 N–H and O–H groups in total. The Morgan fingerprint density at radius 2 is 1.74 bits per heavy atom. The Kier molecular flexibility index (Phi) is 4.48. The first kappa shape index (κ1) is 15.4. The Morgan fingerprint density at radius 1 is 1.00 bits per heavy atom. The molecule has 3 aromatic rings. The lowest BCUT2D eigenvalue weighted by atomic mass is 10.1. The molecule has 0 radical (unpaired) electrons. The van der Waals surface area contributed by atoms with Crippen molar-refractivity contribution in [3.8, 4) is 28.4 Å². The van der Waals surface area contributed by atoms with Gasteiger partial charge in [0.25, 0.3) is 0 Å². The highest BCUT2D eigenvalue weighted by atomic mass is 35.5. The van der Waals surface area contributed by atoms with Crippen LogP contribution in [0.1, 0.15) is 5.69 Å². The van der Waals surface area contributed by atoms with Crippen molar-refractivity contribution in [1.82, 2.24) is 15.0 Å². The predicted molar refractivity (Wildman–Crippen MR) is 89.5 cm³/mol. The summed E-state index contributed by atoms with van der Waals surface area (Å²) in [5, 5.41) is 8.44. The second kappa shape index (κ2) is 6.71. The highest BCUT2D eigenvalue weighted by Gasteiger charge is 2.16. The summed E-state index contributed by atoms with van der Waals surface area (Å²) in [6.45, 7) is 0. The van der Waals surface area contributed by atoms with Gasteiger partial charge in [0, 0.05) is 11.6 Å². The van der Waals surface area contributed by atoms with Gasteiger partial charge < -0.3 is 9.47 Å². The summed E-state index contributed by atoms with van der Waals surface area (Å²) in [6, 6.07) is 15.4. The van der Waals surface area contributed by atoms with Crippen molar-refractivity contribution in [1.29, 1.82) is 0 Å². The van der Waals surface area contributed by atoms with Gasteiger partial charge in [0.15, 0.2) is 0 Å². The minimum Gasteiger partial charge on any atom is -0.497 e. The molecule has 0 aliphatic heterocycles. The molecule has 0 unspecified atom stereocenters. The van der Waals surface area contributed by atoms with Crippen molar-refractivity contribution >= 4 is 11.6 Å². The number of rotatable bonds is 5. The molecule has 5 nitrogen and oxygen atoms in total. The zero-order chi connectivity index (χ0) is 16.2. The van der Waals surface area contributed by atoms with E-state index in [0.29, 0.717) is 0 Å². The monoisotopic (exact) mass is 329 g/mol. The molecule has 1 heterocycles. The topological polar surface area (TPSA) is 49.2 Å². The molecule has 118 valence electrons. The van der Waals surface area contributed by atoms with Crippen LogP contribution in [-0.4, -0.2) is 29.2 Å². The van der Waals surface area contributed by atoms with Crippen molar-refractivity contribution in [2.24, 2.45) is 0 Å². The fourth-order valence-corrected chi connectivity index (χ4v) is 2.54. The predicted octanol–water partition coefficient (Wildman–Crippen LogP) is 3.69. The van der Waals surface area contributed by atoms with Gasteiger partial charge in [-0.05, 0) is 36.4 Å². The summed E-state index contributed by atoms with van der Waals surface area (Å²) >= 11 is 6.03. The molecular weight excluding hydrogens is 314 g/mol. The average Bonchev–Trinajstić information content (AvgIpc) is 3.06. The zero-order valence-electron chi connectivity index (χ0n) is 12.9. The fourth-order valence-electron chi connectivity index (χ4n) is 2.36. The van der Waals surface area contributed by atoms with Crippen LogP contribution in [0.3, 0.4) is 0 Å². The van der Waals surface area contributed by atoms with Gasteiger partial charge in [-0.2, -0.15) is 0 Å². The van der Waals surface area contributed by atoms with Crippen LogP contribution < -0.4 is 9.47 Å². The van der Waals surface area contributed by atoms with E-state index in [9.17, 15) is 0 Å². The lowest BCUT2D eigenvalue weighted by molar-refractivity contribution is 0.414. The summed E-state index contributed by atoms with van der Waals surface area (Å²) in [4.78, 5) is 0. The zero-order valence-corrected chi connectivity index (χ0v) is 13.6. The maximum absolute atomic E-state index is 6.03. The second-order valence-corrected chi connectivity index (χ2v) is 5.13. The summed E-state index contributed by atoms with van der Waals surface area (Å²) in [7, 11) is 3.27. The van der Waals surface area contributed by atoms with Crippen LogP contribution in [0.15, 0.2) is 48.5 Å². The van der Waals surface area contributed by atoms with Crippen molar-refractivity contribution < 1.29 is 9.47 Å². The number of ether oxygens (including phenoxy) is 2. The molecule has 0 saturated heterocycles. The van der Waals surface area contributed by atoms with E-state index in [1.165, 1.54) is 0 Å². The van der Waals surface area contributed by atoms with Gasteiger partial charge in [-0.15, -0.1) is 16.7 Å². The van der Waals surface area contributed by atoms with Gasteiger partial charge in [-0.25, -0.2) is 4.68 Å². The number of alkyl halides is 1. The minimum atomic E-state index is 0.283. The van der Waals surface area contributed by atoms with Crippen LogP contribution in [-0.2, 0) is 5.88 Å². The molecule has 0 atom stereocenters. The molecule has 0 fully saturated rings. The Morgan fingerprint density at radius 3 is 2.39 bits per heavy atom. The number of hydrogen-bond acceptors (Lipinski definition) is 4. The van der Waals surface area contributed by atoms with E-state index >= 15 is 0 Å². The van der Waals surface area contributed by atoms with Crippen molar-refractivity contribution in [2.75, 3.05) is 14.2 Å². The molecule has 0 spiro atoms. The molecular formula is C17H16ClN3O2. The first-order chi connectivity index (χ1) is 11.3. The first-order valence-electron chi connectivity index (χ1n) is 7.06. The van der Waals surface area contributed by atoms with Gasteiger partial charge in [0.05, 0.1) is 31.5 Å². The maximum Gasteiger partial charge on any atom is 0.121 e. The van der Waals surface area contributed by atoms with Crippen LogP contribution >= 0.6 is 11.6 Å². The van der Waals surface area contributed by atoms with Crippen LogP contribution in [0.25, 0.3) is 16.9 Å². The van der Waals surface area contributed by atoms with Crippen molar-refractivity contribution in [2.45, 2.75) is 5.88 Å². The van der Waals surface area contributed by atoms with Crippen LogP contribution in [0, 0.1) is 0 Å². The van der Waals surface area contributed by atoms with E-state index in [0.717, 1.165) is 34.1 Å². The third kappa shape index (κ3) is 3.00. The minimum absolute atomic E-state index is 0.283. The average molecular weight is 330 g/mol. The van der Waals surface area contributed by atoms with Crippen molar-refractivity contribution in [3.63, 3.8) is 0 Å². The van der Waals surface area contributed by atoms with Gasteiger partial charge >= 0.3 is 0 Å². The number of halogens is 1. The Bertz CT molecular complexity index is 800. The first-order valence-corrected chi connectivity index (χ1v) is 7.59. The number of methoxy groups -OCH3 is 2. The number of aromatic nitrogens is 3. The van der Waals surface area contributed by atoms with E-state index in [1.807, 2.05) is 48.5 Å². The van der Waals surface area contributed by atoms with E-state index in [2.05, 4.69) is 10.3 Å². The molecule has 0 aliphatic carbocycles. The number of hydrogen-bond donors (Lipinski definition) is 0. The maximum atomic E-state index is 6.03. The molecule has 6 heteroatoms. The molecule has 0 saturated carbocycles. The fraction of sp³-hybridized carbons (Fsp3) is 0.176. The lowest BCUT2D eigenvalue weighted by Crippen LogP contribution is -2.00. The molecule has 3 rings (SSSR count). The quantitative estimate of drug-likeness (QED) is 0.670. The molecule has 0 bridgehead atoms. The molecule has 23 heavy (non-hydrogen) atoms. The van der Waals surface area contributed by atoms with Gasteiger partial charge in [0.1, 0.15) is 17.2 Å². The Balaban J connectivity index is 2.12. The SMILES string of the molecule is COc1ccc(-c2c(CCl)nnn2-c2cccc(OC)c2)cc1. The highest BCUT2D eigenvalue weighted by Crippen LogP contribution is 2.28. The van der Waals surface area contributed by atoms with Gasteiger partial charge in [0.2, 0.25) is 0 Å². The largest absolute Gasteiger partial charge is 0.497 e. The van der Waals surface area contributed by atoms with Crippen LogP contribution in [0.4, 0.5) is 0 Å². The van der Waals surface area contributed by atoms with E-state index in [-0.39, 0.29) is 5.88 Å². The molecule has 2 aromatic carbocycles. The lowest BCUT2D eigenvalue weighted by Gasteiger charge is -2.09. The van der Waals surface area contributed by atoms with Crippen molar-refractivity contribution in [3.05, 3.63) is 54.2 Å². The van der Waals surface area contributed by atoms with Gasteiger partial charge in [-0.1, -0.05) is 11.3 Å². The van der Waals surface area contributed by atoms with Gasteiger partial charge in [-0.3, -0.25) is 0 Å². The summed E-state index contributed by atoms with van der Waals surface area (Å²) in [5.74, 6) is 1.83. The highest BCUT2D eigenvalue weighted by molar-refractivity contribution is 6.17. The number of nitrogens with zero attached hydrogens (tertiary/aromatic N) is 3. The third-order valence-electron chi connectivity index (χ3n) is 3.53. The normalized spacial score (nSPS) is 10.6. The third-order valence-corrected chi connectivity index (χ3v) is 3.78. The Hall–Kier alpha value is -2.53. The summed E-state index contributed by atoms with van der Waals surface area (Å²) in [5.41, 5.74) is 3.41. The smallest absolute Gasteiger partial charge is 0.121 e. The standard InChI is InChI=1S/C17H16ClN3O2/c1-22-14-8-6-12(7-9-14)17-16(11-18)19-20-21(17)13-4-3-5-15(10-13)23-2/h3-10H,11H2,1-2H3. The van der Waals surface area contributed by atoms with E-state index < -0.39 is 0 Å². The Labute approximate surface area is 139 Å². The molecule has 0 amide bonds. The number of benzene rings is 2. The summed E-state index contributed by atoms with van der Waals surface area (Å²) < 4.78 is 12.3. The van der Waals surface area contributed by atoms with E-state index in [4.69, 9.17) is 21.1 Å². The summed E-state index contributed by atoms with van der Waals surface area (Å²) in [6.07, 6.45) is 0.